The summed E-state index contributed by atoms with van der Waals surface area (Å²) in [4.78, 5) is 10.2. The van der Waals surface area contributed by atoms with Gasteiger partial charge in [0.05, 0.1) is 6.61 Å². The van der Waals surface area contributed by atoms with Gasteiger partial charge in [0.25, 0.3) is 0 Å². The molecule has 0 aromatic carbocycles. The molecule has 2 nitrogen and oxygen atoms in total. The van der Waals surface area contributed by atoms with Crippen LogP contribution in [0, 0.1) is 0 Å². The fraction of sp³-hybridized carbons (Fsp3) is 0.909. The maximum Gasteiger partial charge on any atom is 0.403 e. The Bertz CT molecular complexity index is 204. The van der Waals surface area contributed by atoms with Gasteiger partial charge in [0.1, 0.15) is 0 Å². The maximum atomic E-state index is 10.2. The molecule has 0 spiro atoms. The van der Waals surface area contributed by atoms with Crippen molar-refractivity contribution in [3.8, 4) is 0 Å². The topological polar surface area (TPSA) is 26.3 Å². The van der Waals surface area contributed by atoms with E-state index < -0.39 is 9.22 Å². The molecule has 0 unspecified atom stereocenters. The predicted molar refractivity (Wildman–Crippen MR) is 74.4 cm³/mol. The number of carbonyl (C=O) groups excluding carboxylic acids is 1. The second-order valence-electron chi connectivity index (χ2n) is 3.93. The minimum Gasteiger partial charge on any atom is -0.454 e. The summed E-state index contributed by atoms with van der Waals surface area (Å²) in [6.07, 6.45) is 8.01. The van der Waals surface area contributed by atoms with Crippen LogP contribution in [0.3, 0.4) is 0 Å². The molecule has 0 amide bonds. The van der Waals surface area contributed by atoms with Crippen molar-refractivity contribution >= 4 is 51.8 Å². The summed E-state index contributed by atoms with van der Waals surface area (Å²) in [5.74, 6) is 0. The van der Waals surface area contributed by atoms with Crippen LogP contribution in [0.15, 0.2) is 0 Å². The van der Waals surface area contributed by atoms with Crippen molar-refractivity contribution in [1.82, 2.24) is 0 Å². The highest BCUT2D eigenvalue weighted by Gasteiger charge is 2.17. The van der Waals surface area contributed by atoms with Gasteiger partial charge in [0.2, 0.25) is 0 Å². The van der Waals surface area contributed by atoms with Gasteiger partial charge in [-0.3, -0.25) is 0 Å². The first-order valence-corrected chi connectivity index (χ1v) is 7.32. The molecule has 0 bridgehead atoms. The lowest BCUT2D eigenvalue weighted by atomic mass is 10.1. The number of hydrogen-bond acceptors (Lipinski definition) is 2. The van der Waals surface area contributed by atoms with Crippen LogP contribution in [0.5, 0.6) is 0 Å². The van der Waals surface area contributed by atoms with E-state index >= 15 is 0 Å². The Hall–Kier alpha value is 0.630. The van der Waals surface area contributed by atoms with E-state index in [2.05, 4.69) is 4.74 Å². The van der Waals surface area contributed by atoms with E-state index in [1.54, 1.807) is 0 Å². The first-order valence-electron chi connectivity index (χ1n) is 5.81. The fourth-order valence-corrected chi connectivity index (χ4v) is 1.94. The van der Waals surface area contributed by atoms with E-state index in [0.29, 0.717) is 13.0 Å². The molecule has 0 N–H and O–H groups in total. The molecule has 0 rings (SSSR count). The number of carbonyl (C=O) groups is 1. The van der Waals surface area contributed by atoms with Crippen molar-refractivity contribution in [3.63, 3.8) is 0 Å². The van der Waals surface area contributed by atoms with Crippen molar-refractivity contribution in [1.29, 1.82) is 0 Å². The number of ether oxygens (including phenoxy) is 1. The van der Waals surface area contributed by atoms with Gasteiger partial charge in [-0.2, -0.15) is 0 Å². The van der Waals surface area contributed by atoms with Crippen LogP contribution < -0.4 is 0 Å². The normalized spacial score (nSPS) is 11.5. The van der Waals surface area contributed by atoms with E-state index in [1.807, 2.05) is 0 Å². The summed E-state index contributed by atoms with van der Waals surface area (Å²) in [5, 5.41) is 0. The largest absolute Gasteiger partial charge is 0.454 e. The Kier molecular flexibility index (Phi) is 10.9. The lowest BCUT2D eigenvalue weighted by Crippen LogP contribution is -2.00. The van der Waals surface area contributed by atoms with E-state index in [9.17, 15) is 4.79 Å². The van der Waals surface area contributed by atoms with Crippen molar-refractivity contribution in [2.24, 2.45) is 0 Å². The second kappa shape index (κ2) is 10.5. The third-order valence-electron chi connectivity index (χ3n) is 2.32. The van der Waals surface area contributed by atoms with Crippen LogP contribution in [-0.4, -0.2) is 15.8 Å². The summed E-state index contributed by atoms with van der Waals surface area (Å²) in [7, 11) is 0. The van der Waals surface area contributed by atoms with Crippen molar-refractivity contribution in [3.05, 3.63) is 0 Å². The first kappa shape index (κ1) is 17.6. The van der Waals surface area contributed by atoms with Crippen LogP contribution in [0.2, 0.25) is 0 Å². The molecule has 0 aromatic rings. The minimum absolute atomic E-state index is 0.412. The molecule has 0 aliphatic rings. The quantitative estimate of drug-likeness (QED) is 0.302. The van der Waals surface area contributed by atoms with Crippen molar-refractivity contribution < 1.29 is 9.53 Å². The van der Waals surface area contributed by atoms with Crippen LogP contribution >= 0.6 is 46.4 Å². The number of hydrogen-bond donors (Lipinski definition) is 0. The van der Waals surface area contributed by atoms with Gasteiger partial charge in [0.15, 0.2) is 3.79 Å². The highest BCUT2D eigenvalue weighted by atomic mass is 35.6. The zero-order chi connectivity index (χ0) is 13.1. The molecular formula is C11H18Cl4O2. The number of unbranched alkanes of at least 4 members (excludes halogenated alkanes) is 6. The standard InChI is InChI=1S/C11H18Cl4O2/c12-10(16)17-9-7-5-3-1-2-4-6-8-11(13,14)15/h1-9H2. The number of rotatable bonds is 9. The molecule has 0 aliphatic carbocycles. The SMILES string of the molecule is O=C(Cl)OCCCCCCCCCC(Cl)(Cl)Cl. The van der Waals surface area contributed by atoms with Gasteiger partial charge in [-0.15, -0.1) is 0 Å². The average molecular weight is 324 g/mol. The smallest absolute Gasteiger partial charge is 0.403 e. The molecule has 0 saturated carbocycles. The lowest BCUT2D eigenvalue weighted by molar-refractivity contribution is 0.170. The van der Waals surface area contributed by atoms with Crippen molar-refractivity contribution in [2.45, 2.75) is 55.2 Å². The molecule has 17 heavy (non-hydrogen) atoms. The molecule has 0 radical (unpaired) electrons. The third-order valence-corrected chi connectivity index (χ3v) is 3.00. The summed E-state index contributed by atoms with van der Waals surface area (Å²) >= 11 is 21.9. The Morgan fingerprint density at radius 2 is 1.35 bits per heavy atom. The third kappa shape index (κ3) is 16.6. The fourth-order valence-electron chi connectivity index (χ4n) is 1.46. The van der Waals surface area contributed by atoms with Gasteiger partial charge < -0.3 is 4.74 Å². The molecular weight excluding hydrogens is 306 g/mol. The second-order valence-corrected chi connectivity index (χ2v) is 6.75. The van der Waals surface area contributed by atoms with Crippen molar-refractivity contribution in [2.75, 3.05) is 6.61 Å². The van der Waals surface area contributed by atoms with Gasteiger partial charge >= 0.3 is 5.43 Å². The lowest BCUT2D eigenvalue weighted by Gasteiger charge is -2.09. The zero-order valence-electron chi connectivity index (χ0n) is 9.69. The number of halogens is 4. The predicted octanol–water partition coefficient (Wildman–Crippen LogP) is 5.85. The Balaban J connectivity index is 3.06. The van der Waals surface area contributed by atoms with E-state index in [1.165, 1.54) is 0 Å². The van der Waals surface area contributed by atoms with Crippen LogP contribution in [0.25, 0.3) is 0 Å². The average Bonchev–Trinajstić information content (AvgIpc) is 2.18. The molecule has 0 saturated heterocycles. The van der Waals surface area contributed by atoms with Gasteiger partial charge in [-0.1, -0.05) is 66.9 Å². The van der Waals surface area contributed by atoms with Gasteiger partial charge in [-0.25, -0.2) is 4.79 Å². The van der Waals surface area contributed by atoms with Crippen LogP contribution in [0.4, 0.5) is 4.79 Å². The highest BCUT2D eigenvalue weighted by Crippen LogP contribution is 2.32. The molecule has 0 atom stereocenters. The highest BCUT2D eigenvalue weighted by molar-refractivity contribution is 6.67. The summed E-state index contributed by atoms with van der Waals surface area (Å²) in [5.41, 5.74) is -0.725. The first-order chi connectivity index (χ1) is 7.92. The molecule has 0 aliphatic heterocycles. The minimum atomic E-state index is -1.11. The molecule has 0 fully saturated rings. The molecule has 6 heteroatoms. The number of alkyl halides is 3. The maximum absolute atomic E-state index is 10.2. The summed E-state index contributed by atoms with van der Waals surface area (Å²) in [6, 6.07) is 0. The van der Waals surface area contributed by atoms with E-state index in [-0.39, 0.29) is 0 Å². The Morgan fingerprint density at radius 3 is 1.82 bits per heavy atom. The summed E-state index contributed by atoms with van der Waals surface area (Å²) in [6.45, 7) is 0.412. The van der Waals surface area contributed by atoms with Gasteiger partial charge in [-0.05, 0) is 19.3 Å². The zero-order valence-corrected chi connectivity index (χ0v) is 12.7. The Morgan fingerprint density at radius 1 is 0.882 bits per heavy atom. The summed E-state index contributed by atoms with van der Waals surface area (Å²) < 4.78 is 3.50. The molecule has 0 heterocycles. The molecule has 102 valence electrons. The molecule has 0 aromatic heterocycles. The monoisotopic (exact) mass is 322 g/mol. The van der Waals surface area contributed by atoms with Crippen LogP contribution in [-0.2, 0) is 4.74 Å². The van der Waals surface area contributed by atoms with E-state index in [4.69, 9.17) is 46.4 Å². The van der Waals surface area contributed by atoms with E-state index in [0.717, 1.165) is 44.9 Å². The van der Waals surface area contributed by atoms with Gasteiger partial charge in [0, 0.05) is 11.6 Å². The Labute approximate surface area is 123 Å². The van der Waals surface area contributed by atoms with Crippen LogP contribution in [0.1, 0.15) is 51.4 Å².